The Morgan fingerprint density at radius 3 is 2.42 bits per heavy atom. The molecule has 1 amide bonds. The average Bonchev–Trinajstić information content (AvgIpc) is 2.25. The third-order valence-electron chi connectivity index (χ3n) is 2.19. The molecule has 0 saturated heterocycles. The molecule has 0 atom stereocenters. The molecule has 9 heteroatoms. The molecule has 0 bridgehead atoms. The van der Waals surface area contributed by atoms with Gasteiger partial charge < -0.3 is 0 Å². The smallest absolute Gasteiger partial charge is 0.282 e. The number of nitrogens with zero attached hydrogens (tertiary/aromatic N) is 2. The first kappa shape index (κ1) is 14.7. The molecule has 0 spiro atoms. The Morgan fingerprint density at radius 2 is 2.00 bits per heavy atom. The second-order valence-corrected chi connectivity index (χ2v) is 3.69. The third-order valence-corrected chi connectivity index (χ3v) is 2.19. The van der Waals surface area contributed by atoms with E-state index in [-0.39, 0.29) is 5.69 Å². The van der Waals surface area contributed by atoms with Gasteiger partial charge in [0, 0.05) is 20.0 Å². The number of hydrogen-bond donors (Lipinski definition) is 1. The molecule has 0 aliphatic rings. The molecule has 0 unspecified atom stereocenters. The minimum atomic E-state index is -4.67. The van der Waals surface area contributed by atoms with Crippen molar-refractivity contribution in [1.29, 1.82) is 0 Å². The molecule has 0 aromatic heterocycles. The molecule has 1 rings (SSSR count). The monoisotopic (exact) mass is 277 g/mol. The van der Waals surface area contributed by atoms with Crippen LogP contribution in [0, 0.1) is 10.1 Å². The van der Waals surface area contributed by atoms with E-state index in [0.29, 0.717) is 12.1 Å². The molecule has 0 saturated carbocycles. The highest BCUT2D eigenvalue weighted by Crippen LogP contribution is 2.35. The van der Waals surface area contributed by atoms with Gasteiger partial charge in [-0.1, -0.05) is 0 Å². The molecule has 0 fully saturated rings. The van der Waals surface area contributed by atoms with Crippen molar-refractivity contribution in [3.8, 4) is 0 Å². The molecule has 0 aliphatic carbocycles. The Balaban J connectivity index is 3.26. The Morgan fingerprint density at radius 1 is 1.42 bits per heavy atom. The van der Waals surface area contributed by atoms with Crippen molar-refractivity contribution < 1.29 is 22.9 Å². The predicted molar refractivity (Wildman–Crippen MR) is 60.3 cm³/mol. The van der Waals surface area contributed by atoms with Crippen LogP contribution in [0.4, 0.5) is 24.5 Å². The number of benzene rings is 1. The Hall–Kier alpha value is -2.32. The molecular weight excluding hydrogens is 267 g/mol. The van der Waals surface area contributed by atoms with E-state index in [1.165, 1.54) is 14.0 Å². The van der Waals surface area contributed by atoms with Crippen molar-refractivity contribution in [2.24, 2.45) is 0 Å². The lowest BCUT2D eigenvalue weighted by Gasteiger charge is -2.19. The quantitative estimate of drug-likeness (QED) is 0.678. The molecule has 6 nitrogen and oxygen atoms in total. The van der Waals surface area contributed by atoms with Crippen LogP contribution in [0.3, 0.4) is 0 Å². The van der Waals surface area contributed by atoms with Gasteiger partial charge in [-0.2, -0.15) is 13.2 Å². The number of nitrogens with one attached hydrogen (secondary N) is 1. The van der Waals surface area contributed by atoms with E-state index in [0.717, 1.165) is 11.1 Å². The van der Waals surface area contributed by atoms with Gasteiger partial charge >= 0.3 is 6.18 Å². The fourth-order valence-corrected chi connectivity index (χ4v) is 1.43. The summed E-state index contributed by atoms with van der Waals surface area (Å²) in [5.74, 6) is -0.503. The van der Waals surface area contributed by atoms with E-state index in [2.05, 4.69) is 5.43 Å². The Labute approximate surface area is 105 Å². The van der Waals surface area contributed by atoms with E-state index in [9.17, 15) is 28.1 Å². The zero-order valence-electron chi connectivity index (χ0n) is 9.99. The van der Waals surface area contributed by atoms with Crippen LogP contribution < -0.4 is 10.4 Å². The summed E-state index contributed by atoms with van der Waals surface area (Å²) in [5, 5.41) is 11.8. The molecule has 0 radical (unpaired) electrons. The first-order chi connectivity index (χ1) is 8.62. The molecule has 19 heavy (non-hydrogen) atoms. The SMILES string of the molecule is CC(=O)NN(C)c1ccc(C(F)(F)F)cc1[N+](=O)[O-]. The lowest BCUT2D eigenvalue weighted by molar-refractivity contribution is -0.384. The second-order valence-electron chi connectivity index (χ2n) is 3.69. The number of carbonyl (C=O) groups excluding carboxylic acids is 1. The zero-order chi connectivity index (χ0) is 14.8. The van der Waals surface area contributed by atoms with Crippen LogP contribution >= 0.6 is 0 Å². The first-order valence-corrected chi connectivity index (χ1v) is 4.99. The van der Waals surface area contributed by atoms with E-state index >= 15 is 0 Å². The lowest BCUT2D eigenvalue weighted by atomic mass is 10.1. The number of halogens is 3. The van der Waals surface area contributed by atoms with Gasteiger partial charge in [0.25, 0.3) is 5.69 Å². The number of carbonyl (C=O) groups is 1. The van der Waals surface area contributed by atoms with Crippen molar-refractivity contribution in [3.63, 3.8) is 0 Å². The van der Waals surface area contributed by atoms with Gasteiger partial charge in [-0.05, 0) is 12.1 Å². The summed E-state index contributed by atoms with van der Waals surface area (Å²) in [6.45, 7) is 1.17. The molecule has 104 valence electrons. The lowest BCUT2D eigenvalue weighted by Crippen LogP contribution is -2.38. The second kappa shape index (κ2) is 5.12. The highest BCUT2D eigenvalue weighted by molar-refractivity contribution is 5.76. The van der Waals surface area contributed by atoms with Gasteiger partial charge in [-0.15, -0.1) is 0 Å². The molecule has 1 aromatic rings. The standard InChI is InChI=1S/C10H10F3N3O3/c1-6(17)14-15(2)8-4-3-7(10(11,12)13)5-9(8)16(18)19/h3-5H,1-2H3,(H,14,17). The van der Waals surface area contributed by atoms with Crippen molar-refractivity contribution in [2.75, 3.05) is 12.1 Å². The number of hydrazine groups is 1. The van der Waals surface area contributed by atoms with E-state index in [4.69, 9.17) is 0 Å². The van der Waals surface area contributed by atoms with Crippen LogP contribution in [0.1, 0.15) is 12.5 Å². The third kappa shape index (κ3) is 3.57. The predicted octanol–water partition coefficient (Wildman–Crippen LogP) is 2.10. The number of rotatable bonds is 3. The summed E-state index contributed by atoms with van der Waals surface area (Å²) in [7, 11) is 1.29. The highest BCUT2D eigenvalue weighted by Gasteiger charge is 2.33. The van der Waals surface area contributed by atoms with Crippen LogP contribution in [0.25, 0.3) is 0 Å². The molecule has 1 aromatic carbocycles. The minimum absolute atomic E-state index is 0.145. The summed E-state index contributed by atoms with van der Waals surface area (Å²) in [5.41, 5.74) is 0.206. The largest absolute Gasteiger partial charge is 0.416 e. The molecular formula is C10H10F3N3O3. The van der Waals surface area contributed by atoms with Gasteiger partial charge in [0.15, 0.2) is 0 Å². The van der Waals surface area contributed by atoms with Crippen LogP contribution in [0.15, 0.2) is 18.2 Å². The maximum Gasteiger partial charge on any atom is 0.416 e. The maximum atomic E-state index is 12.5. The van der Waals surface area contributed by atoms with E-state index in [1.54, 1.807) is 0 Å². The fraction of sp³-hybridized carbons (Fsp3) is 0.300. The summed E-state index contributed by atoms with van der Waals surface area (Å²) < 4.78 is 37.4. The van der Waals surface area contributed by atoms with Crippen LogP contribution in [0.2, 0.25) is 0 Å². The number of amides is 1. The van der Waals surface area contributed by atoms with E-state index < -0.39 is 28.3 Å². The van der Waals surface area contributed by atoms with Crippen molar-refractivity contribution in [3.05, 3.63) is 33.9 Å². The number of anilines is 1. The van der Waals surface area contributed by atoms with Crippen LogP contribution in [-0.4, -0.2) is 17.9 Å². The molecule has 0 aliphatic heterocycles. The minimum Gasteiger partial charge on any atom is -0.282 e. The topological polar surface area (TPSA) is 75.5 Å². The molecule has 0 heterocycles. The fourth-order valence-electron chi connectivity index (χ4n) is 1.43. The van der Waals surface area contributed by atoms with E-state index in [1.807, 2.05) is 0 Å². The first-order valence-electron chi connectivity index (χ1n) is 4.99. The summed E-state index contributed by atoms with van der Waals surface area (Å²) >= 11 is 0. The summed E-state index contributed by atoms with van der Waals surface area (Å²) in [6, 6.07) is 2.06. The van der Waals surface area contributed by atoms with Crippen LogP contribution in [0.5, 0.6) is 0 Å². The van der Waals surface area contributed by atoms with Gasteiger partial charge in [-0.25, -0.2) is 0 Å². The Kier molecular flexibility index (Phi) is 3.98. The summed E-state index contributed by atoms with van der Waals surface area (Å²) in [4.78, 5) is 20.7. The maximum absolute atomic E-state index is 12.5. The van der Waals surface area contributed by atoms with Crippen molar-refractivity contribution in [2.45, 2.75) is 13.1 Å². The average molecular weight is 277 g/mol. The number of nitro benzene ring substituents is 1. The van der Waals surface area contributed by atoms with Crippen LogP contribution in [-0.2, 0) is 11.0 Å². The van der Waals surface area contributed by atoms with Crippen molar-refractivity contribution >= 4 is 17.3 Å². The zero-order valence-corrected chi connectivity index (χ0v) is 9.99. The van der Waals surface area contributed by atoms with Gasteiger partial charge in [0.1, 0.15) is 5.69 Å². The number of nitro groups is 1. The molecule has 1 N–H and O–H groups in total. The van der Waals surface area contributed by atoms with Crippen molar-refractivity contribution in [1.82, 2.24) is 5.43 Å². The number of hydrogen-bond acceptors (Lipinski definition) is 4. The number of alkyl halides is 3. The normalized spacial score (nSPS) is 11.0. The highest BCUT2D eigenvalue weighted by atomic mass is 19.4. The van der Waals surface area contributed by atoms with Gasteiger partial charge in [0.2, 0.25) is 5.91 Å². The Bertz CT molecular complexity index is 516. The van der Waals surface area contributed by atoms with Gasteiger partial charge in [-0.3, -0.25) is 25.3 Å². The summed E-state index contributed by atoms with van der Waals surface area (Å²) in [6.07, 6.45) is -4.67. The van der Waals surface area contributed by atoms with Gasteiger partial charge in [0.05, 0.1) is 10.5 Å².